The zero-order chi connectivity index (χ0) is 15.5. The van der Waals surface area contributed by atoms with Crippen molar-refractivity contribution in [1.29, 1.82) is 0 Å². The van der Waals surface area contributed by atoms with E-state index in [-0.39, 0.29) is 17.4 Å². The summed E-state index contributed by atoms with van der Waals surface area (Å²) in [4.78, 5) is 28.1. The molecule has 0 bridgehead atoms. The van der Waals surface area contributed by atoms with Crippen LogP contribution in [-0.4, -0.2) is 16.7 Å². The number of hydrogen-bond donors (Lipinski definition) is 1. The Bertz CT molecular complexity index is 822. The van der Waals surface area contributed by atoms with Crippen LogP contribution >= 0.6 is 11.3 Å². The van der Waals surface area contributed by atoms with E-state index in [1.54, 1.807) is 48.0 Å². The minimum atomic E-state index is -0.359. The zero-order valence-corrected chi connectivity index (χ0v) is 12.5. The van der Waals surface area contributed by atoms with Crippen LogP contribution in [-0.2, 0) is 0 Å². The van der Waals surface area contributed by atoms with Gasteiger partial charge in [-0.15, -0.1) is 11.3 Å². The van der Waals surface area contributed by atoms with Gasteiger partial charge in [0, 0.05) is 10.9 Å². The zero-order valence-electron chi connectivity index (χ0n) is 11.7. The summed E-state index contributed by atoms with van der Waals surface area (Å²) >= 11 is 1.32. The number of anilines is 1. The summed E-state index contributed by atoms with van der Waals surface area (Å²) in [5, 5.41) is 5.01. The lowest BCUT2D eigenvalue weighted by atomic mass is 10.1. The molecule has 6 heteroatoms. The van der Waals surface area contributed by atoms with E-state index in [2.05, 4.69) is 10.3 Å². The Morgan fingerprint density at radius 1 is 1.18 bits per heavy atom. The van der Waals surface area contributed by atoms with E-state index >= 15 is 0 Å². The van der Waals surface area contributed by atoms with E-state index in [9.17, 15) is 9.59 Å². The van der Waals surface area contributed by atoms with Crippen LogP contribution < -0.4 is 5.32 Å². The van der Waals surface area contributed by atoms with E-state index in [4.69, 9.17) is 4.42 Å². The number of furan rings is 1. The first kappa shape index (κ1) is 14.2. The van der Waals surface area contributed by atoms with Crippen molar-refractivity contribution in [1.82, 2.24) is 4.98 Å². The normalized spacial score (nSPS) is 10.4. The molecule has 0 radical (unpaired) electrons. The summed E-state index contributed by atoms with van der Waals surface area (Å²) in [6.07, 6.45) is 1.56. The number of carbonyl (C=O) groups is 2. The van der Waals surface area contributed by atoms with Crippen molar-refractivity contribution < 1.29 is 14.0 Å². The number of Topliss-reactive ketones (excluding diaryl/α,β-unsaturated/α-hetero) is 1. The second-order valence-electron chi connectivity index (χ2n) is 4.57. The molecule has 0 fully saturated rings. The molecule has 1 amide bonds. The molecule has 3 rings (SSSR count). The van der Waals surface area contributed by atoms with Crippen LogP contribution in [0.2, 0.25) is 0 Å². The van der Waals surface area contributed by atoms with Gasteiger partial charge in [0.2, 0.25) is 0 Å². The van der Waals surface area contributed by atoms with Crippen LogP contribution in [0.25, 0.3) is 10.8 Å². The van der Waals surface area contributed by atoms with Crippen LogP contribution in [0.4, 0.5) is 5.69 Å². The maximum Gasteiger partial charge on any atom is 0.275 e. The fourth-order valence-electron chi connectivity index (χ4n) is 1.98. The van der Waals surface area contributed by atoms with Gasteiger partial charge in [0.05, 0.1) is 12.0 Å². The van der Waals surface area contributed by atoms with Gasteiger partial charge in [-0.2, -0.15) is 0 Å². The third-order valence-corrected chi connectivity index (χ3v) is 3.88. The molecule has 2 heterocycles. The topological polar surface area (TPSA) is 72.2 Å². The maximum atomic E-state index is 12.3. The number of aromatic nitrogens is 1. The molecule has 0 unspecified atom stereocenters. The summed E-state index contributed by atoms with van der Waals surface area (Å²) in [5.74, 6) is 0.154. The highest BCUT2D eigenvalue weighted by atomic mass is 32.1. The molecule has 0 aliphatic heterocycles. The third kappa shape index (κ3) is 2.82. The first-order chi connectivity index (χ1) is 10.6. The number of rotatable bonds is 4. The van der Waals surface area contributed by atoms with Crippen molar-refractivity contribution in [2.45, 2.75) is 6.92 Å². The van der Waals surface area contributed by atoms with Gasteiger partial charge in [-0.05, 0) is 31.2 Å². The summed E-state index contributed by atoms with van der Waals surface area (Å²) in [5.41, 5.74) is 1.24. The minimum absolute atomic E-state index is 0.106. The lowest BCUT2D eigenvalue weighted by molar-refractivity contribution is 0.101. The number of thiazole rings is 1. The number of ketones is 1. The van der Waals surface area contributed by atoms with Crippen LogP contribution in [0, 0.1) is 0 Å². The molecule has 0 saturated heterocycles. The highest BCUT2D eigenvalue weighted by Gasteiger charge is 2.15. The molecule has 5 nitrogen and oxygen atoms in total. The van der Waals surface area contributed by atoms with Gasteiger partial charge >= 0.3 is 0 Å². The number of amides is 1. The fraction of sp³-hybridized carbons (Fsp3) is 0.0625. The fourth-order valence-corrected chi connectivity index (χ4v) is 2.74. The standard InChI is InChI=1S/C16H12N2O3S/c1-10(19)11-5-2-3-6-12(11)17-15(20)13-9-22-16(18-13)14-7-4-8-21-14/h2-9H,1H3,(H,17,20). The molecule has 110 valence electrons. The first-order valence-corrected chi connectivity index (χ1v) is 7.44. The maximum absolute atomic E-state index is 12.3. The highest BCUT2D eigenvalue weighted by molar-refractivity contribution is 7.13. The molecule has 1 aromatic carbocycles. The molecule has 1 N–H and O–H groups in total. The van der Waals surface area contributed by atoms with Gasteiger partial charge in [0.1, 0.15) is 5.69 Å². The van der Waals surface area contributed by atoms with E-state index in [1.807, 2.05) is 0 Å². The molecule has 22 heavy (non-hydrogen) atoms. The molecule has 3 aromatic rings. The number of para-hydroxylation sites is 1. The van der Waals surface area contributed by atoms with Crippen molar-refractivity contribution in [3.8, 4) is 10.8 Å². The van der Waals surface area contributed by atoms with Crippen molar-refractivity contribution in [2.24, 2.45) is 0 Å². The average Bonchev–Trinajstić information content (AvgIpc) is 3.18. The molecule has 0 aliphatic carbocycles. The molecule has 0 saturated carbocycles. The van der Waals surface area contributed by atoms with Crippen LogP contribution in [0.5, 0.6) is 0 Å². The van der Waals surface area contributed by atoms with Gasteiger partial charge in [-0.3, -0.25) is 9.59 Å². The molecule has 0 spiro atoms. The Balaban J connectivity index is 1.82. The highest BCUT2D eigenvalue weighted by Crippen LogP contribution is 2.24. The SMILES string of the molecule is CC(=O)c1ccccc1NC(=O)c1csc(-c2ccco2)n1. The van der Waals surface area contributed by atoms with E-state index < -0.39 is 0 Å². The van der Waals surface area contributed by atoms with Crippen molar-refractivity contribution in [3.05, 3.63) is 59.3 Å². The number of benzene rings is 1. The summed E-state index contributed by atoms with van der Waals surface area (Å²) in [7, 11) is 0. The van der Waals surface area contributed by atoms with Gasteiger partial charge in [-0.25, -0.2) is 4.98 Å². The molecular formula is C16H12N2O3S. The lowest BCUT2D eigenvalue weighted by Gasteiger charge is -2.07. The quantitative estimate of drug-likeness (QED) is 0.743. The number of hydrogen-bond acceptors (Lipinski definition) is 5. The predicted molar refractivity (Wildman–Crippen MR) is 84.2 cm³/mol. The largest absolute Gasteiger partial charge is 0.462 e. The van der Waals surface area contributed by atoms with Gasteiger partial charge < -0.3 is 9.73 Å². The number of nitrogens with one attached hydrogen (secondary N) is 1. The summed E-state index contributed by atoms with van der Waals surface area (Å²) < 4.78 is 5.25. The Hall–Kier alpha value is -2.73. The van der Waals surface area contributed by atoms with Crippen LogP contribution in [0.1, 0.15) is 27.8 Å². The Morgan fingerprint density at radius 3 is 2.73 bits per heavy atom. The molecule has 0 atom stereocenters. The number of carbonyl (C=O) groups excluding carboxylic acids is 2. The number of nitrogens with zero attached hydrogens (tertiary/aromatic N) is 1. The first-order valence-electron chi connectivity index (χ1n) is 6.56. The molecule has 2 aromatic heterocycles. The average molecular weight is 312 g/mol. The van der Waals surface area contributed by atoms with Crippen LogP contribution in [0.3, 0.4) is 0 Å². The van der Waals surface area contributed by atoms with E-state index in [0.29, 0.717) is 22.0 Å². The van der Waals surface area contributed by atoms with Crippen molar-refractivity contribution in [3.63, 3.8) is 0 Å². The minimum Gasteiger partial charge on any atom is -0.462 e. The smallest absolute Gasteiger partial charge is 0.275 e. The molecular weight excluding hydrogens is 300 g/mol. The van der Waals surface area contributed by atoms with Crippen molar-refractivity contribution >= 4 is 28.7 Å². The second kappa shape index (κ2) is 5.95. The van der Waals surface area contributed by atoms with E-state index in [0.717, 1.165) is 0 Å². The predicted octanol–water partition coefficient (Wildman–Crippen LogP) is 3.86. The Morgan fingerprint density at radius 2 is 2.00 bits per heavy atom. The summed E-state index contributed by atoms with van der Waals surface area (Å²) in [6.45, 7) is 1.46. The monoisotopic (exact) mass is 312 g/mol. The van der Waals surface area contributed by atoms with Crippen molar-refractivity contribution in [2.75, 3.05) is 5.32 Å². The lowest BCUT2D eigenvalue weighted by Crippen LogP contribution is -2.14. The van der Waals surface area contributed by atoms with Gasteiger partial charge in [-0.1, -0.05) is 12.1 Å². The summed E-state index contributed by atoms with van der Waals surface area (Å²) in [6, 6.07) is 10.4. The Labute approximate surface area is 130 Å². The van der Waals surface area contributed by atoms with Crippen LogP contribution in [0.15, 0.2) is 52.5 Å². The van der Waals surface area contributed by atoms with Gasteiger partial charge in [0.15, 0.2) is 16.6 Å². The second-order valence-corrected chi connectivity index (χ2v) is 5.43. The van der Waals surface area contributed by atoms with E-state index in [1.165, 1.54) is 18.3 Å². The Kier molecular flexibility index (Phi) is 3.84. The van der Waals surface area contributed by atoms with Gasteiger partial charge in [0.25, 0.3) is 5.91 Å². The molecule has 0 aliphatic rings. The third-order valence-electron chi connectivity index (χ3n) is 3.02.